The van der Waals surface area contributed by atoms with Gasteiger partial charge in [0.2, 0.25) is 0 Å². The van der Waals surface area contributed by atoms with E-state index in [4.69, 9.17) is 15.1 Å². The van der Waals surface area contributed by atoms with Gasteiger partial charge in [-0.3, -0.25) is 14.8 Å². The maximum absolute atomic E-state index is 10.0. The normalized spacial score (nSPS) is 16.5. The van der Waals surface area contributed by atoms with Gasteiger partial charge in [0.1, 0.15) is 0 Å². The van der Waals surface area contributed by atoms with E-state index in [2.05, 4.69) is 90.1 Å². The van der Waals surface area contributed by atoms with E-state index in [9.17, 15) is 4.79 Å². The summed E-state index contributed by atoms with van der Waals surface area (Å²) in [6, 6.07) is 26.2. The Morgan fingerprint density at radius 1 is 0.821 bits per heavy atom. The third-order valence-corrected chi connectivity index (χ3v) is 8.68. The summed E-state index contributed by atoms with van der Waals surface area (Å²) in [5.74, 6) is -0.0625. The van der Waals surface area contributed by atoms with E-state index in [1.165, 1.54) is 31.1 Å². The van der Waals surface area contributed by atoms with Crippen molar-refractivity contribution in [2.45, 2.75) is 66.2 Å². The molecule has 0 unspecified atom stereocenters. The summed E-state index contributed by atoms with van der Waals surface area (Å²) in [6.45, 7) is 17.1. The van der Waals surface area contributed by atoms with Crippen LogP contribution in [0.25, 0.3) is 33.5 Å². The number of carbonyl (C=O) groups excluding carboxylic acids is 1. The van der Waals surface area contributed by atoms with Crippen LogP contribution in [0.2, 0.25) is 0 Å². The fourth-order valence-electron chi connectivity index (χ4n) is 5.53. The molecular formula is C34H37IrN2O2-. The molecule has 39 heavy (non-hydrogen) atoms. The monoisotopic (exact) mass is 698 g/mol. The van der Waals surface area contributed by atoms with Gasteiger partial charge in [-0.2, -0.15) is 0 Å². The number of nitrogens with zero attached hydrogens (tertiary/aromatic N) is 2. The quantitative estimate of drug-likeness (QED) is 0.133. The third-order valence-electron chi connectivity index (χ3n) is 8.68. The second kappa shape index (κ2) is 11.2. The molecule has 0 aliphatic heterocycles. The number of rotatable bonds is 3. The van der Waals surface area contributed by atoms with E-state index in [0.29, 0.717) is 0 Å². The zero-order valence-electron chi connectivity index (χ0n) is 24.0. The van der Waals surface area contributed by atoms with E-state index >= 15 is 0 Å². The van der Waals surface area contributed by atoms with Gasteiger partial charge in [-0.15, -0.1) is 35.9 Å². The first-order chi connectivity index (χ1) is 17.8. The fourth-order valence-corrected chi connectivity index (χ4v) is 5.53. The van der Waals surface area contributed by atoms with Crippen LogP contribution >= 0.6 is 0 Å². The SMILES string of the molecule is CC(=O)C=C(C)O.CC1(C)c2ccc3nc(-c4[c-]cccc4)c(-c4ccccc4)nc3c2C(C)(C)C1(C)C.[Ir]. The van der Waals surface area contributed by atoms with Crippen molar-refractivity contribution in [2.75, 3.05) is 0 Å². The molecule has 1 N–H and O–H groups in total. The van der Waals surface area contributed by atoms with Crippen LogP contribution in [0.5, 0.6) is 0 Å². The van der Waals surface area contributed by atoms with E-state index in [1.54, 1.807) is 0 Å². The van der Waals surface area contributed by atoms with Crippen molar-refractivity contribution in [3.8, 4) is 22.5 Å². The maximum Gasteiger partial charge on any atom is 0.155 e. The van der Waals surface area contributed by atoms with Gasteiger partial charge < -0.3 is 5.11 Å². The molecule has 0 saturated heterocycles. The molecule has 3 aromatic carbocycles. The summed E-state index contributed by atoms with van der Waals surface area (Å²) in [5, 5.41) is 8.36. The van der Waals surface area contributed by atoms with Gasteiger partial charge in [-0.25, -0.2) is 0 Å². The average Bonchev–Trinajstić information content (AvgIpc) is 2.97. The Morgan fingerprint density at radius 2 is 1.46 bits per heavy atom. The van der Waals surface area contributed by atoms with E-state index in [0.717, 1.165) is 33.5 Å². The molecular weight excluding hydrogens is 661 g/mol. The molecule has 1 aromatic heterocycles. The van der Waals surface area contributed by atoms with Crippen LogP contribution in [-0.4, -0.2) is 20.9 Å². The minimum Gasteiger partial charge on any atom is -0.512 e. The Balaban J connectivity index is 0.000000468. The van der Waals surface area contributed by atoms with Crippen LogP contribution in [0, 0.1) is 11.5 Å². The number of ketones is 1. The van der Waals surface area contributed by atoms with Crippen LogP contribution in [0.3, 0.4) is 0 Å². The van der Waals surface area contributed by atoms with Crippen LogP contribution in [0.15, 0.2) is 78.6 Å². The van der Waals surface area contributed by atoms with Gasteiger partial charge in [-0.1, -0.05) is 77.9 Å². The van der Waals surface area contributed by atoms with Gasteiger partial charge in [0.15, 0.2) is 5.78 Å². The maximum atomic E-state index is 10.0. The predicted octanol–water partition coefficient (Wildman–Crippen LogP) is 8.39. The largest absolute Gasteiger partial charge is 0.512 e. The van der Waals surface area contributed by atoms with Crippen molar-refractivity contribution in [2.24, 2.45) is 5.41 Å². The van der Waals surface area contributed by atoms with Crippen LogP contribution < -0.4 is 0 Å². The summed E-state index contributed by atoms with van der Waals surface area (Å²) >= 11 is 0. The number of fused-ring (bicyclic) bond motifs is 3. The van der Waals surface area contributed by atoms with Crippen molar-refractivity contribution in [3.63, 3.8) is 0 Å². The molecule has 5 rings (SSSR count). The third kappa shape index (κ3) is 5.35. The standard InChI is InChI=1S/C29H29N2.C5H8O2.Ir/c1-27(2)21-17-18-22-26(23(21)28(3,4)29(27,5)6)31-25(20-15-11-8-12-16-20)24(30-22)19-13-9-7-10-14-19;1-4(6)3-5(2)7;/h7-13,15-18H,1-6H3;3,6H,1-2H3;/q-1;;. The molecule has 0 amide bonds. The molecule has 1 aliphatic rings. The first kappa shape index (κ1) is 30.4. The summed E-state index contributed by atoms with van der Waals surface area (Å²) in [5.41, 5.74) is 8.65. The molecule has 1 aliphatic carbocycles. The van der Waals surface area contributed by atoms with Gasteiger partial charge in [0.05, 0.1) is 22.5 Å². The number of carbonyl (C=O) groups is 1. The molecule has 1 heterocycles. The fraction of sp³-hybridized carbons (Fsp3) is 0.324. The number of hydrogen-bond donors (Lipinski definition) is 1. The molecule has 5 heteroatoms. The smallest absolute Gasteiger partial charge is 0.155 e. The summed E-state index contributed by atoms with van der Waals surface area (Å²) in [4.78, 5) is 20.5. The van der Waals surface area contributed by atoms with Gasteiger partial charge >= 0.3 is 0 Å². The topological polar surface area (TPSA) is 63.1 Å². The molecule has 4 aromatic rings. The molecule has 0 fully saturated rings. The Bertz CT molecular complexity index is 1520. The number of hydrogen-bond acceptors (Lipinski definition) is 4. The van der Waals surface area contributed by atoms with Gasteiger partial charge in [0, 0.05) is 31.9 Å². The van der Waals surface area contributed by atoms with Crippen molar-refractivity contribution >= 4 is 16.8 Å². The average molecular weight is 698 g/mol. The van der Waals surface area contributed by atoms with E-state index in [-0.39, 0.29) is 47.9 Å². The van der Waals surface area contributed by atoms with Gasteiger partial charge in [0.25, 0.3) is 0 Å². The molecule has 0 spiro atoms. The number of allylic oxidation sites excluding steroid dienone is 2. The molecule has 0 saturated carbocycles. The molecule has 0 bridgehead atoms. The summed E-state index contributed by atoms with van der Waals surface area (Å²) in [7, 11) is 0. The van der Waals surface area contributed by atoms with Crippen molar-refractivity contribution in [3.05, 3.63) is 95.8 Å². The Hall–Kier alpha value is -3.14. The second-order valence-electron chi connectivity index (χ2n) is 11.7. The summed E-state index contributed by atoms with van der Waals surface area (Å²) < 4.78 is 0. The Morgan fingerprint density at radius 3 is 2.00 bits per heavy atom. The number of aliphatic hydroxyl groups is 1. The van der Waals surface area contributed by atoms with E-state index in [1.807, 2.05) is 24.3 Å². The van der Waals surface area contributed by atoms with Crippen molar-refractivity contribution in [1.82, 2.24) is 9.97 Å². The number of aromatic nitrogens is 2. The van der Waals surface area contributed by atoms with Crippen LogP contribution in [-0.2, 0) is 35.7 Å². The van der Waals surface area contributed by atoms with Crippen molar-refractivity contribution < 1.29 is 30.0 Å². The predicted molar refractivity (Wildman–Crippen MR) is 156 cm³/mol. The minimum absolute atomic E-state index is 0. The first-order valence-corrected chi connectivity index (χ1v) is 13.0. The molecule has 1 radical (unpaired) electrons. The second-order valence-corrected chi connectivity index (χ2v) is 11.7. The number of benzene rings is 3. The zero-order chi connectivity index (χ0) is 27.9. The summed E-state index contributed by atoms with van der Waals surface area (Å²) in [6.07, 6.45) is 1.17. The van der Waals surface area contributed by atoms with Crippen LogP contribution in [0.4, 0.5) is 0 Å². The molecule has 0 atom stereocenters. The minimum atomic E-state index is -0.125. The van der Waals surface area contributed by atoms with Crippen LogP contribution in [0.1, 0.15) is 66.5 Å². The molecule has 205 valence electrons. The van der Waals surface area contributed by atoms with E-state index < -0.39 is 0 Å². The first-order valence-electron chi connectivity index (χ1n) is 13.0. The van der Waals surface area contributed by atoms with Crippen molar-refractivity contribution in [1.29, 1.82) is 0 Å². The zero-order valence-corrected chi connectivity index (χ0v) is 26.4. The van der Waals surface area contributed by atoms with Gasteiger partial charge in [-0.05, 0) is 52.8 Å². The molecule has 4 nitrogen and oxygen atoms in total. The number of aliphatic hydroxyl groups excluding tert-OH is 1. The Kier molecular flexibility index (Phi) is 8.69. The Labute approximate surface area is 246 Å².